The average molecular weight is 181 g/mol. The van der Waals surface area contributed by atoms with Gasteiger partial charge >= 0.3 is 0 Å². The first-order valence-corrected chi connectivity index (χ1v) is 5.94. The minimum atomic E-state index is 0.747. The van der Waals surface area contributed by atoms with Gasteiger partial charge in [-0.2, -0.15) is 0 Å². The van der Waals surface area contributed by atoms with E-state index >= 15 is 0 Å². The van der Waals surface area contributed by atoms with Crippen LogP contribution in [0.15, 0.2) is 0 Å². The number of hydrogen-bond acceptors (Lipinski definition) is 1. The Morgan fingerprint density at radius 1 is 1.00 bits per heavy atom. The average Bonchev–Trinajstić information content (AvgIpc) is 2.07. The van der Waals surface area contributed by atoms with Crippen LogP contribution in [0.5, 0.6) is 0 Å². The van der Waals surface area contributed by atoms with Gasteiger partial charge in [0.15, 0.2) is 0 Å². The summed E-state index contributed by atoms with van der Waals surface area (Å²) in [6.45, 7) is 7.22. The van der Waals surface area contributed by atoms with Gasteiger partial charge in [-0.25, -0.2) is 0 Å². The van der Waals surface area contributed by atoms with E-state index in [1.165, 1.54) is 25.7 Å². The zero-order chi connectivity index (χ0) is 9.42. The van der Waals surface area contributed by atoms with E-state index < -0.39 is 0 Å². The molecule has 1 saturated heterocycles. The first kappa shape index (κ1) is 9.51. The summed E-state index contributed by atoms with van der Waals surface area (Å²) in [6, 6.07) is 1.57. The van der Waals surface area contributed by atoms with E-state index in [4.69, 9.17) is 0 Å². The Bertz CT molecular complexity index is 178. The highest BCUT2D eigenvalue weighted by molar-refractivity contribution is 4.93. The molecule has 0 amide bonds. The molecule has 0 bridgehead atoms. The molecule has 5 atom stereocenters. The summed E-state index contributed by atoms with van der Waals surface area (Å²) >= 11 is 0. The van der Waals surface area contributed by atoms with Crippen LogP contribution in [0, 0.1) is 17.8 Å². The first-order chi connectivity index (χ1) is 6.18. The van der Waals surface area contributed by atoms with Crippen molar-refractivity contribution < 1.29 is 0 Å². The van der Waals surface area contributed by atoms with Gasteiger partial charge in [-0.15, -0.1) is 0 Å². The topological polar surface area (TPSA) is 12.0 Å². The lowest BCUT2D eigenvalue weighted by Crippen LogP contribution is -2.54. The number of nitrogens with one attached hydrogen (secondary N) is 1. The molecule has 1 heteroatoms. The highest BCUT2D eigenvalue weighted by Crippen LogP contribution is 2.38. The highest BCUT2D eigenvalue weighted by Gasteiger charge is 2.38. The summed E-state index contributed by atoms with van der Waals surface area (Å²) in [7, 11) is 0. The fraction of sp³-hybridized carbons (Fsp3) is 1.00. The molecule has 13 heavy (non-hydrogen) atoms. The van der Waals surface area contributed by atoms with Crippen LogP contribution in [0.2, 0.25) is 0 Å². The van der Waals surface area contributed by atoms with E-state index in [0.717, 1.165) is 29.8 Å². The molecule has 0 aromatic carbocycles. The third-order valence-corrected chi connectivity index (χ3v) is 4.20. The van der Waals surface area contributed by atoms with Gasteiger partial charge < -0.3 is 5.32 Å². The van der Waals surface area contributed by atoms with Gasteiger partial charge in [0.1, 0.15) is 0 Å². The van der Waals surface area contributed by atoms with Gasteiger partial charge in [-0.3, -0.25) is 0 Å². The molecular formula is C12H23N. The second-order valence-corrected chi connectivity index (χ2v) is 5.38. The maximum atomic E-state index is 3.80. The maximum Gasteiger partial charge on any atom is 0.0126 e. The van der Waals surface area contributed by atoms with Crippen LogP contribution in [0.3, 0.4) is 0 Å². The first-order valence-electron chi connectivity index (χ1n) is 5.94. The minimum absolute atomic E-state index is 0.747. The van der Waals surface area contributed by atoms with Gasteiger partial charge in [0.25, 0.3) is 0 Å². The van der Waals surface area contributed by atoms with Crippen molar-refractivity contribution in [3.63, 3.8) is 0 Å². The second-order valence-electron chi connectivity index (χ2n) is 5.38. The monoisotopic (exact) mass is 181 g/mol. The molecule has 0 aromatic rings. The smallest absolute Gasteiger partial charge is 0.0126 e. The SMILES string of the molecule is CC1CC(C)C2CCCC(C)C2N1. The van der Waals surface area contributed by atoms with Crippen LogP contribution in [-0.4, -0.2) is 12.1 Å². The highest BCUT2D eigenvalue weighted by atomic mass is 15.0. The summed E-state index contributed by atoms with van der Waals surface area (Å²) in [5, 5.41) is 3.80. The molecule has 0 aromatic heterocycles. The Morgan fingerprint density at radius 3 is 2.54 bits per heavy atom. The van der Waals surface area contributed by atoms with E-state index in [1.54, 1.807) is 0 Å². The fourth-order valence-corrected chi connectivity index (χ4v) is 3.51. The number of rotatable bonds is 0. The summed E-state index contributed by atoms with van der Waals surface area (Å²) in [6.07, 6.45) is 5.75. The van der Waals surface area contributed by atoms with E-state index in [9.17, 15) is 0 Å². The quantitative estimate of drug-likeness (QED) is 0.606. The lowest BCUT2D eigenvalue weighted by atomic mass is 9.68. The second kappa shape index (κ2) is 3.61. The fourth-order valence-electron chi connectivity index (χ4n) is 3.51. The predicted octanol–water partition coefficient (Wildman–Crippen LogP) is 2.81. The minimum Gasteiger partial charge on any atom is -0.311 e. The molecular weight excluding hydrogens is 158 g/mol. The van der Waals surface area contributed by atoms with E-state index in [0.29, 0.717) is 0 Å². The van der Waals surface area contributed by atoms with Gasteiger partial charge in [0.05, 0.1) is 0 Å². The molecule has 0 spiro atoms. The van der Waals surface area contributed by atoms with Gasteiger partial charge in [-0.05, 0) is 43.9 Å². The molecule has 2 rings (SSSR count). The van der Waals surface area contributed by atoms with Crippen molar-refractivity contribution in [3.05, 3.63) is 0 Å². The molecule has 1 heterocycles. The zero-order valence-electron chi connectivity index (χ0n) is 9.22. The normalized spacial score (nSPS) is 51.5. The van der Waals surface area contributed by atoms with Crippen molar-refractivity contribution in [2.75, 3.05) is 0 Å². The number of fused-ring (bicyclic) bond motifs is 1. The molecule has 5 unspecified atom stereocenters. The van der Waals surface area contributed by atoms with Crippen molar-refractivity contribution >= 4 is 0 Å². The summed E-state index contributed by atoms with van der Waals surface area (Å²) < 4.78 is 0. The molecule has 1 N–H and O–H groups in total. The van der Waals surface area contributed by atoms with Crippen LogP contribution < -0.4 is 5.32 Å². The number of piperidine rings is 1. The third kappa shape index (κ3) is 1.76. The summed E-state index contributed by atoms with van der Waals surface area (Å²) in [4.78, 5) is 0. The lowest BCUT2D eigenvalue weighted by Gasteiger charge is -2.46. The molecule has 0 radical (unpaired) electrons. The van der Waals surface area contributed by atoms with Crippen molar-refractivity contribution in [1.82, 2.24) is 5.32 Å². The van der Waals surface area contributed by atoms with Gasteiger partial charge in [0, 0.05) is 12.1 Å². The third-order valence-electron chi connectivity index (χ3n) is 4.20. The van der Waals surface area contributed by atoms with Gasteiger partial charge in [-0.1, -0.05) is 20.3 Å². The van der Waals surface area contributed by atoms with Crippen LogP contribution in [0.4, 0.5) is 0 Å². The van der Waals surface area contributed by atoms with Crippen LogP contribution in [-0.2, 0) is 0 Å². The summed E-state index contributed by atoms with van der Waals surface area (Å²) in [5.74, 6) is 2.83. The Labute approximate surface area is 82.3 Å². The Kier molecular flexibility index (Phi) is 2.64. The van der Waals surface area contributed by atoms with Crippen molar-refractivity contribution in [2.45, 2.75) is 58.5 Å². The van der Waals surface area contributed by atoms with Crippen molar-refractivity contribution in [2.24, 2.45) is 17.8 Å². The van der Waals surface area contributed by atoms with E-state index in [1.807, 2.05) is 0 Å². The molecule has 1 nitrogen and oxygen atoms in total. The molecule has 2 fully saturated rings. The molecule has 2 aliphatic rings. The Morgan fingerprint density at radius 2 is 1.77 bits per heavy atom. The van der Waals surface area contributed by atoms with E-state index in [-0.39, 0.29) is 0 Å². The van der Waals surface area contributed by atoms with Crippen molar-refractivity contribution in [3.8, 4) is 0 Å². The lowest BCUT2D eigenvalue weighted by molar-refractivity contribution is 0.0870. The standard InChI is InChI=1S/C12H23N/c1-8-5-4-6-11-9(2)7-10(3)13-12(8)11/h8-13H,4-7H2,1-3H3. The predicted molar refractivity (Wildman–Crippen MR) is 56.7 cm³/mol. The molecule has 76 valence electrons. The van der Waals surface area contributed by atoms with E-state index in [2.05, 4.69) is 26.1 Å². The van der Waals surface area contributed by atoms with Crippen LogP contribution >= 0.6 is 0 Å². The van der Waals surface area contributed by atoms with Crippen LogP contribution in [0.25, 0.3) is 0 Å². The Hall–Kier alpha value is -0.0400. The maximum absolute atomic E-state index is 3.80. The molecule has 1 aliphatic heterocycles. The van der Waals surface area contributed by atoms with Crippen molar-refractivity contribution in [1.29, 1.82) is 0 Å². The van der Waals surface area contributed by atoms with Crippen LogP contribution in [0.1, 0.15) is 46.5 Å². The largest absolute Gasteiger partial charge is 0.311 e. The molecule has 1 aliphatic carbocycles. The Balaban J connectivity index is 2.08. The molecule has 1 saturated carbocycles. The summed E-state index contributed by atoms with van der Waals surface area (Å²) in [5.41, 5.74) is 0. The zero-order valence-corrected chi connectivity index (χ0v) is 9.22. The van der Waals surface area contributed by atoms with Gasteiger partial charge in [0.2, 0.25) is 0 Å². The number of hydrogen-bond donors (Lipinski definition) is 1.